The Morgan fingerprint density at radius 2 is 2.00 bits per heavy atom. The van der Waals surface area contributed by atoms with Crippen LogP contribution in [0.15, 0.2) is 29.8 Å². The third-order valence-corrected chi connectivity index (χ3v) is 3.47. The highest BCUT2D eigenvalue weighted by atomic mass is 16.6. The van der Waals surface area contributed by atoms with Crippen molar-refractivity contribution in [1.29, 1.82) is 0 Å². The maximum Gasteiger partial charge on any atom is 0.269 e. The van der Waals surface area contributed by atoms with Crippen molar-refractivity contribution in [1.82, 2.24) is 0 Å². The van der Waals surface area contributed by atoms with Crippen LogP contribution in [0.4, 0.5) is 5.69 Å². The van der Waals surface area contributed by atoms with Crippen LogP contribution in [0.1, 0.15) is 12.0 Å². The molecule has 18 heavy (non-hydrogen) atoms. The van der Waals surface area contributed by atoms with E-state index in [1.807, 2.05) is 0 Å². The number of non-ortho nitro benzene ring substituents is 1. The summed E-state index contributed by atoms with van der Waals surface area (Å²) < 4.78 is 5.36. The SMILES string of the molecule is O=C1CC2COCC2=C1c1ccc([N+](=O)[O-])cc1. The summed E-state index contributed by atoms with van der Waals surface area (Å²) in [5, 5.41) is 10.6. The third kappa shape index (κ3) is 1.64. The second-order valence-corrected chi connectivity index (χ2v) is 4.54. The van der Waals surface area contributed by atoms with Crippen molar-refractivity contribution in [2.45, 2.75) is 6.42 Å². The topological polar surface area (TPSA) is 69.4 Å². The van der Waals surface area contributed by atoms with Gasteiger partial charge in [-0.15, -0.1) is 0 Å². The zero-order chi connectivity index (χ0) is 12.7. The first-order chi connectivity index (χ1) is 8.66. The van der Waals surface area contributed by atoms with Crippen LogP contribution in [0.2, 0.25) is 0 Å². The van der Waals surface area contributed by atoms with Gasteiger partial charge >= 0.3 is 0 Å². The molecule has 5 nitrogen and oxygen atoms in total. The number of Topliss-reactive ketones (excluding diaryl/α,β-unsaturated/α-hetero) is 1. The highest BCUT2D eigenvalue weighted by molar-refractivity contribution is 6.24. The lowest BCUT2D eigenvalue weighted by Crippen LogP contribution is -2.01. The van der Waals surface area contributed by atoms with Gasteiger partial charge in [0.1, 0.15) is 0 Å². The van der Waals surface area contributed by atoms with Gasteiger partial charge in [-0.3, -0.25) is 14.9 Å². The number of hydrogen-bond acceptors (Lipinski definition) is 4. The van der Waals surface area contributed by atoms with Crippen molar-refractivity contribution in [2.24, 2.45) is 5.92 Å². The number of allylic oxidation sites excluding steroid dienone is 1. The van der Waals surface area contributed by atoms with E-state index >= 15 is 0 Å². The van der Waals surface area contributed by atoms with E-state index in [9.17, 15) is 14.9 Å². The second-order valence-electron chi connectivity index (χ2n) is 4.54. The number of fused-ring (bicyclic) bond motifs is 1. The van der Waals surface area contributed by atoms with Crippen molar-refractivity contribution >= 4 is 17.0 Å². The van der Waals surface area contributed by atoms with Crippen LogP contribution >= 0.6 is 0 Å². The summed E-state index contributed by atoms with van der Waals surface area (Å²) in [6.45, 7) is 1.11. The van der Waals surface area contributed by atoms with Crippen molar-refractivity contribution < 1.29 is 14.5 Å². The highest BCUT2D eigenvalue weighted by Crippen LogP contribution is 2.39. The lowest BCUT2D eigenvalue weighted by Gasteiger charge is -2.03. The molecule has 0 spiro atoms. The van der Waals surface area contributed by atoms with Crippen molar-refractivity contribution in [3.63, 3.8) is 0 Å². The average molecular weight is 245 g/mol. The Morgan fingerprint density at radius 1 is 1.28 bits per heavy atom. The van der Waals surface area contributed by atoms with E-state index in [0.29, 0.717) is 25.2 Å². The molecule has 1 aromatic rings. The molecule has 0 aromatic heterocycles. The molecule has 2 aliphatic rings. The molecular formula is C13H11NO4. The number of rotatable bonds is 2. The number of nitro groups is 1. The molecule has 1 unspecified atom stereocenters. The van der Waals surface area contributed by atoms with Crippen LogP contribution in [0, 0.1) is 16.0 Å². The number of benzene rings is 1. The number of hydrogen-bond donors (Lipinski definition) is 0. The number of carbonyl (C=O) groups is 1. The smallest absolute Gasteiger partial charge is 0.269 e. The van der Waals surface area contributed by atoms with Crippen LogP contribution in [-0.2, 0) is 9.53 Å². The van der Waals surface area contributed by atoms with E-state index < -0.39 is 4.92 Å². The van der Waals surface area contributed by atoms with E-state index in [-0.39, 0.29) is 17.4 Å². The van der Waals surface area contributed by atoms with Crippen LogP contribution < -0.4 is 0 Å². The number of carbonyl (C=O) groups excluding carboxylic acids is 1. The van der Waals surface area contributed by atoms with Gasteiger partial charge in [-0.25, -0.2) is 0 Å². The molecule has 1 fully saturated rings. The van der Waals surface area contributed by atoms with Crippen LogP contribution in [0.25, 0.3) is 5.57 Å². The Bertz CT molecular complexity index is 559. The fraction of sp³-hybridized carbons (Fsp3) is 0.308. The Kier molecular flexibility index (Phi) is 2.48. The molecule has 0 saturated carbocycles. The van der Waals surface area contributed by atoms with E-state index in [2.05, 4.69) is 0 Å². The summed E-state index contributed by atoms with van der Waals surface area (Å²) >= 11 is 0. The molecule has 0 N–H and O–H groups in total. The molecular weight excluding hydrogens is 234 g/mol. The van der Waals surface area contributed by atoms with E-state index in [4.69, 9.17) is 4.74 Å². The van der Waals surface area contributed by atoms with E-state index in [1.165, 1.54) is 12.1 Å². The van der Waals surface area contributed by atoms with Crippen LogP contribution in [-0.4, -0.2) is 23.9 Å². The Labute approximate surface area is 103 Å². The zero-order valence-corrected chi connectivity index (χ0v) is 9.59. The lowest BCUT2D eigenvalue weighted by molar-refractivity contribution is -0.384. The van der Waals surface area contributed by atoms with Gasteiger partial charge in [0.15, 0.2) is 5.78 Å². The number of ketones is 1. The molecule has 1 atom stereocenters. The number of nitrogens with zero attached hydrogens (tertiary/aromatic N) is 1. The summed E-state index contributed by atoms with van der Waals surface area (Å²) in [4.78, 5) is 22.1. The fourth-order valence-corrected chi connectivity index (χ4v) is 2.59. The third-order valence-electron chi connectivity index (χ3n) is 3.47. The molecule has 92 valence electrons. The quantitative estimate of drug-likeness (QED) is 0.590. The predicted molar refractivity (Wildman–Crippen MR) is 63.9 cm³/mol. The Hall–Kier alpha value is -2.01. The molecule has 1 aromatic carbocycles. The predicted octanol–water partition coefficient (Wildman–Crippen LogP) is 1.97. The monoisotopic (exact) mass is 245 g/mol. The van der Waals surface area contributed by atoms with Gasteiger partial charge < -0.3 is 4.74 Å². The van der Waals surface area contributed by atoms with Gasteiger partial charge in [-0.1, -0.05) is 0 Å². The minimum atomic E-state index is -0.445. The van der Waals surface area contributed by atoms with E-state index in [1.54, 1.807) is 12.1 Å². The summed E-state index contributed by atoms with van der Waals surface area (Å²) in [6, 6.07) is 6.14. The maximum absolute atomic E-state index is 12.0. The second kappa shape index (κ2) is 4.03. The van der Waals surface area contributed by atoms with Gasteiger partial charge in [-0.05, 0) is 23.3 Å². The molecule has 1 heterocycles. The largest absolute Gasteiger partial charge is 0.376 e. The summed E-state index contributed by atoms with van der Waals surface area (Å²) in [5.41, 5.74) is 2.55. The van der Waals surface area contributed by atoms with Crippen LogP contribution in [0.3, 0.4) is 0 Å². The van der Waals surface area contributed by atoms with Gasteiger partial charge in [-0.2, -0.15) is 0 Å². The zero-order valence-electron chi connectivity index (χ0n) is 9.59. The minimum Gasteiger partial charge on any atom is -0.376 e. The molecule has 0 radical (unpaired) electrons. The number of nitro benzene ring substituents is 1. The standard InChI is InChI=1S/C13H11NO4/c15-12-5-9-6-18-7-11(9)13(12)8-1-3-10(4-2-8)14(16)17/h1-4,9H,5-7H2. The number of ether oxygens (including phenoxy) is 1. The first-order valence-electron chi connectivity index (χ1n) is 5.75. The van der Waals surface area contributed by atoms with E-state index in [0.717, 1.165) is 11.1 Å². The van der Waals surface area contributed by atoms with Crippen molar-refractivity contribution in [2.75, 3.05) is 13.2 Å². The Morgan fingerprint density at radius 3 is 2.67 bits per heavy atom. The summed E-state index contributed by atoms with van der Waals surface area (Å²) in [6.07, 6.45) is 0.502. The van der Waals surface area contributed by atoms with Gasteiger partial charge in [0, 0.05) is 30.0 Å². The average Bonchev–Trinajstić information content (AvgIpc) is 2.89. The van der Waals surface area contributed by atoms with Gasteiger partial charge in [0.2, 0.25) is 0 Å². The normalized spacial score (nSPS) is 22.4. The summed E-state index contributed by atoms with van der Waals surface area (Å²) in [5.74, 6) is 0.329. The van der Waals surface area contributed by atoms with Gasteiger partial charge in [0.05, 0.1) is 18.1 Å². The first-order valence-corrected chi connectivity index (χ1v) is 5.75. The fourth-order valence-electron chi connectivity index (χ4n) is 2.59. The summed E-state index contributed by atoms with van der Waals surface area (Å²) in [7, 11) is 0. The molecule has 0 amide bonds. The molecule has 1 saturated heterocycles. The minimum absolute atomic E-state index is 0.0361. The molecule has 0 bridgehead atoms. The molecule has 1 aliphatic carbocycles. The molecule has 5 heteroatoms. The van der Waals surface area contributed by atoms with Crippen LogP contribution in [0.5, 0.6) is 0 Å². The first kappa shape index (κ1) is 11.1. The molecule has 3 rings (SSSR count). The molecule has 1 aliphatic heterocycles. The highest BCUT2D eigenvalue weighted by Gasteiger charge is 2.36. The lowest BCUT2D eigenvalue weighted by atomic mass is 10.0. The van der Waals surface area contributed by atoms with Crippen molar-refractivity contribution in [3.05, 3.63) is 45.5 Å². The van der Waals surface area contributed by atoms with Crippen molar-refractivity contribution in [3.8, 4) is 0 Å². The van der Waals surface area contributed by atoms with Gasteiger partial charge in [0.25, 0.3) is 5.69 Å². The Balaban J connectivity index is 2.01. The maximum atomic E-state index is 12.0.